The molecule has 1 amide bonds. The highest BCUT2D eigenvalue weighted by Crippen LogP contribution is 2.26. The van der Waals surface area contributed by atoms with Gasteiger partial charge in [-0.2, -0.15) is 5.10 Å². The van der Waals surface area contributed by atoms with Crippen LogP contribution in [0.4, 0.5) is 5.82 Å². The fourth-order valence-corrected chi connectivity index (χ4v) is 5.82. The zero-order valence-corrected chi connectivity index (χ0v) is 27.3. The number of hydrogen-bond donors (Lipinski definition) is 1. The van der Waals surface area contributed by atoms with Crippen molar-refractivity contribution in [3.05, 3.63) is 94.2 Å². The summed E-state index contributed by atoms with van der Waals surface area (Å²) in [5, 5.41) is 9.90. The van der Waals surface area contributed by atoms with Crippen LogP contribution in [0.2, 0.25) is 0 Å². The Morgan fingerprint density at radius 2 is 1.85 bits per heavy atom. The van der Waals surface area contributed by atoms with Gasteiger partial charge in [0, 0.05) is 46.4 Å². The number of nitrogens with one attached hydrogen (secondary N) is 1. The highest BCUT2D eigenvalue weighted by Gasteiger charge is 2.31. The number of rotatable bonds is 8. The minimum atomic E-state index is -0.361. The average Bonchev–Trinajstić information content (AvgIpc) is 3.62. The van der Waals surface area contributed by atoms with Crippen LogP contribution in [0.1, 0.15) is 42.0 Å². The van der Waals surface area contributed by atoms with Crippen molar-refractivity contribution in [2.45, 2.75) is 39.3 Å². The quantitative estimate of drug-likeness (QED) is 0.382. The highest BCUT2D eigenvalue weighted by molar-refractivity contribution is 5.96. The summed E-state index contributed by atoms with van der Waals surface area (Å²) in [5.41, 5.74) is 2.64. The molecule has 2 saturated heterocycles. The number of hydrogen-bond acceptors (Lipinski definition) is 9. The summed E-state index contributed by atoms with van der Waals surface area (Å²) in [6.45, 7) is 12.9. The molecule has 6 rings (SSSR count). The topological polar surface area (TPSA) is 113 Å². The second-order valence-electron chi connectivity index (χ2n) is 11.1. The minimum absolute atomic E-state index is 0.131. The Morgan fingerprint density at radius 3 is 2.57 bits per heavy atom. The summed E-state index contributed by atoms with van der Waals surface area (Å²) in [6.07, 6.45) is 6.68. The van der Waals surface area contributed by atoms with Gasteiger partial charge in [-0.1, -0.05) is 44.2 Å². The van der Waals surface area contributed by atoms with Gasteiger partial charge in [-0.05, 0) is 50.4 Å². The van der Waals surface area contributed by atoms with Gasteiger partial charge in [0.1, 0.15) is 22.9 Å². The Labute approximate surface area is 270 Å². The lowest BCUT2D eigenvalue weighted by Gasteiger charge is -2.39. The number of amides is 1. The van der Waals surface area contributed by atoms with Gasteiger partial charge in [-0.15, -0.1) is 0 Å². The van der Waals surface area contributed by atoms with Crippen molar-refractivity contribution >= 4 is 30.0 Å². The van der Waals surface area contributed by atoms with Crippen LogP contribution in [0.3, 0.4) is 0 Å². The standard InChI is InChI=1S/C32H37N9O3.C2H6/c1-22-30(32(43)41(37(22)3)24-10-6-5-7-11-24)31(42)34-23-15-17-38(19-23)29-14-9-16-40(36-29)27(18-33-2)26-12-8-13-28(35-26)39-20-25(21-39)44-4;1-2/h5-14,18,23,25H,2,15-17,19-21H2,1,3-4H3,(H,34,42);1-2H3/b27-18-;/t23-;/m0./s1. The maximum Gasteiger partial charge on any atom is 0.284 e. The first-order valence-corrected chi connectivity index (χ1v) is 15.7. The molecular formula is C34H43N9O3. The normalized spacial score (nSPS) is 18.1. The predicted molar refractivity (Wildman–Crippen MR) is 183 cm³/mol. The zero-order valence-electron chi connectivity index (χ0n) is 27.3. The molecule has 2 fully saturated rings. The second kappa shape index (κ2) is 14.4. The molecule has 0 spiro atoms. The maximum absolute atomic E-state index is 13.4. The van der Waals surface area contributed by atoms with Gasteiger partial charge < -0.3 is 19.9 Å². The Kier molecular flexibility index (Phi) is 10.2. The average molecular weight is 626 g/mol. The first-order valence-electron chi connectivity index (χ1n) is 15.7. The van der Waals surface area contributed by atoms with Crippen molar-refractivity contribution in [3.8, 4) is 5.69 Å². The SMILES string of the molecule is C=N/C=C(/c1cccc(N2CC(OC)C2)n1)N1CC=CC(N2CC[C@H](NC(=O)c3c(C)n(C)n(-c4ccccc4)c3=O)C2)=N1.CC. The van der Waals surface area contributed by atoms with Crippen LogP contribution in [0.25, 0.3) is 11.4 Å². The van der Waals surface area contributed by atoms with Crippen LogP contribution in [0.15, 0.2) is 81.8 Å². The smallest absolute Gasteiger partial charge is 0.284 e. The van der Waals surface area contributed by atoms with Gasteiger partial charge in [-0.3, -0.25) is 24.3 Å². The Balaban J connectivity index is 0.00000204. The molecule has 3 aliphatic heterocycles. The largest absolute Gasteiger partial charge is 0.378 e. The van der Waals surface area contributed by atoms with E-state index in [4.69, 9.17) is 14.8 Å². The molecule has 0 saturated carbocycles. The summed E-state index contributed by atoms with van der Waals surface area (Å²) in [6, 6.07) is 15.1. The first-order chi connectivity index (χ1) is 22.4. The molecular weight excluding hydrogens is 582 g/mol. The number of ether oxygens (including phenoxy) is 1. The number of methoxy groups -OCH3 is 1. The maximum atomic E-state index is 13.4. The van der Waals surface area contributed by atoms with E-state index in [0.29, 0.717) is 31.0 Å². The van der Waals surface area contributed by atoms with E-state index in [1.807, 2.05) is 79.5 Å². The first kappa shape index (κ1) is 32.4. The molecule has 2 aromatic heterocycles. The van der Waals surface area contributed by atoms with Gasteiger partial charge in [0.15, 0.2) is 0 Å². The predicted octanol–water partition coefficient (Wildman–Crippen LogP) is 3.43. The minimum Gasteiger partial charge on any atom is -0.378 e. The van der Waals surface area contributed by atoms with E-state index >= 15 is 0 Å². The van der Waals surface area contributed by atoms with E-state index in [9.17, 15) is 9.59 Å². The zero-order chi connectivity index (χ0) is 32.8. The summed E-state index contributed by atoms with van der Waals surface area (Å²) in [7, 11) is 3.51. The molecule has 1 N–H and O–H groups in total. The Morgan fingerprint density at radius 1 is 1.09 bits per heavy atom. The number of nitrogens with zero attached hydrogens (tertiary/aromatic N) is 8. The summed E-state index contributed by atoms with van der Waals surface area (Å²) < 4.78 is 8.65. The Bertz CT molecular complexity index is 1700. The summed E-state index contributed by atoms with van der Waals surface area (Å²) in [4.78, 5) is 39.9. The van der Waals surface area contributed by atoms with E-state index in [2.05, 4.69) is 26.8 Å². The number of para-hydroxylation sites is 1. The number of aliphatic imine (C=N–C) groups is 1. The van der Waals surface area contributed by atoms with E-state index in [1.165, 1.54) is 4.68 Å². The van der Waals surface area contributed by atoms with Crippen molar-refractivity contribution in [3.63, 3.8) is 0 Å². The molecule has 0 bridgehead atoms. The summed E-state index contributed by atoms with van der Waals surface area (Å²) >= 11 is 0. The van der Waals surface area contributed by atoms with Gasteiger partial charge in [0.25, 0.3) is 11.5 Å². The number of carbonyl (C=O) groups is 1. The van der Waals surface area contributed by atoms with Crippen LogP contribution in [-0.2, 0) is 11.8 Å². The van der Waals surface area contributed by atoms with E-state index in [-0.39, 0.29) is 29.2 Å². The van der Waals surface area contributed by atoms with Gasteiger partial charge in [-0.25, -0.2) is 9.67 Å². The molecule has 12 heteroatoms. The van der Waals surface area contributed by atoms with Crippen molar-refractivity contribution in [2.24, 2.45) is 17.1 Å². The third-order valence-corrected chi connectivity index (χ3v) is 8.39. The molecule has 3 aromatic rings. The number of amidine groups is 1. The van der Waals surface area contributed by atoms with Crippen LogP contribution in [0.5, 0.6) is 0 Å². The van der Waals surface area contributed by atoms with E-state index in [1.54, 1.807) is 32.0 Å². The monoisotopic (exact) mass is 625 g/mol. The lowest BCUT2D eigenvalue weighted by Crippen LogP contribution is -2.52. The number of anilines is 1. The molecule has 1 aromatic carbocycles. The number of hydrazone groups is 1. The summed E-state index contributed by atoms with van der Waals surface area (Å²) in [5.74, 6) is 1.30. The molecule has 0 radical (unpaired) electrons. The molecule has 5 heterocycles. The number of pyridine rings is 1. The third-order valence-electron chi connectivity index (χ3n) is 8.39. The molecule has 0 unspecified atom stereocenters. The van der Waals surface area contributed by atoms with Gasteiger partial charge >= 0.3 is 0 Å². The molecule has 3 aliphatic rings. The number of benzene rings is 1. The van der Waals surface area contributed by atoms with Gasteiger partial charge in [0.05, 0.1) is 35.9 Å². The number of aromatic nitrogens is 3. The van der Waals surface area contributed by atoms with E-state index < -0.39 is 0 Å². The third kappa shape index (κ3) is 6.52. The van der Waals surface area contributed by atoms with Crippen molar-refractivity contribution in [1.29, 1.82) is 0 Å². The fraction of sp³-hybridized carbons (Fsp3) is 0.382. The van der Waals surface area contributed by atoms with Gasteiger partial charge in [0.2, 0.25) is 0 Å². The van der Waals surface area contributed by atoms with Crippen LogP contribution >= 0.6 is 0 Å². The highest BCUT2D eigenvalue weighted by atomic mass is 16.5. The fourth-order valence-electron chi connectivity index (χ4n) is 5.82. The van der Waals surface area contributed by atoms with Crippen LogP contribution in [0, 0.1) is 6.92 Å². The number of likely N-dealkylation sites (tertiary alicyclic amines) is 1. The van der Waals surface area contributed by atoms with Crippen molar-refractivity contribution in [2.75, 3.05) is 44.7 Å². The van der Waals surface area contributed by atoms with E-state index in [0.717, 1.165) is 42.6 Å². The number of carbonyl (C=O) groups excluding carboxylic acids is 1. The molecule has 1 atom stereocenters. The molecule has 12 nitrogen and oxygen atoms in total. The van der Waals surface area contributed by atoms with Crippen molar-refractivity contribution in [1.82, 2.24) is 29.6 Å². The second-order valence-corrected chi connectivity index (χ2v) is 11.1. The molecule has 46 heavy (non-hydrogen) atoms. The van der Waals surface area contributed by atoms with Crippen LogP contribution < -0.4 is 15.8 Å². The van der Waals surface area contributed by atoms with Crippen LogP contribution in [-0.4, -0.2) is 94.7 Å². The Hall–Kier alpha value is -4.97. The lowest BCUT2D eigenvalue weighted by atomic mass is 10.1. The lowest BCUT2D eigenvalue weighted by molar-refractivity contribution is 0.0783. The molecule has 242 valence electrons. The van der Waals surface area contributed by atoms with Crippen molar-refractivity contribution < 1.29 is 9.53 Å². The molecule has 0 aliphatic carbocycles.